The molecule has 0 heterocycles. The zero-order chi connectivity index (χ0) is 6.41. The van der Waals surface area contributed by atoms with Crippen LogP contribution in [0, 0.1) is 0 Å². The minimum absolute atomic E-state index is 0.237. The smallest absolute Gasteiger partial charge is 0.372 e. The Labute approximate surface area is 51.3 Å². The van der Waals surface area contributed by atoms with Crippen LogP contribution in [0.4, 0.5) is 4.79 Å². The van der Waals surface area contributed by atoms with Crippen molar-refractivity contribution in [1.82, 2.24) is 0 Å². The highest BCUT2D eigenvalue weighted by molar-refractivity contribution is 7.94. The highest BCUT2D eigenvalue weighted by Gasteiger charge is 1.93. The summed E-state index contributed by atoms with van der Waals surface area (Å²) >= 11 is 0.835. The average Bonchev–Trinajstić information content (AvgIpc) is 1.83. The van der Waals surface area contributed by atoms with E-state index < -0.39 is 6.09 Å². The van der Waals surface area contributed by atoms with Crippen molar-refractivity contribution in [2.75, 3.05) is 5.88 Å². The third kappa shape index (κ3) is 3.63. The Morgan fingerprint density at radius 1 is 2.00 bits per heavy atom. The van der Waals surface area contributed by atoms with E-state index >= 15 is 0 Å². The topological polar surface area (TPSA) is 64.7 Å². The van der Waals surface area contributed by atoms with Crippen LogP contribution in [0.1, 0.15) is 0 Å². The molecule has 0 radical (unpaired) electrons. The standard InChI is InChI=1S/C3H6N2O2S/c1-5-3(6)7-8-2-4/h1-2,4H2. The van der Waals surface area contributed by atoms with Crippen LogP contribution in [0.2, 0.25) is 0 Å². The second-order valence-electron chi connectivity index (χ2n) is 0.792. The molecule has 4 nitrogen and oxygen atoms in total. The summed E-state index contributed by atoms with van der Waals surface area (Å²) in [5.74, 6) is 0.237. The van der Waals surface area contributed by atoms with Gasteiger partial charge in [-0.05, 0) is 6.72 Å². The molecule has 0 aliphatic rings. The van der Waals surface area contributed by atoms with E-state index in [1.807, 2.05) is 0 Å². The van der Waals surface area contributed by atoms with Gasteiger partial charge in [-0.15, -0.1) is 0 Å². The largest absolute Gasteiger partial charge is 0.445 e. The first-order valence-corrected chi connectivity index (χ1v) is 2.72. The fourth-order valence-electron chi connectivity index (χ4n) is 0.111. The molecule has 2 N–H and O–H groups in total. The van der Waals surface area contributed by atoms with E-state index in [0.717, 1.165) is 12.0 Å². The Bertz CT molecular complexity index is 95.3. The molecule has 8 heavy (non-hydrogen) atoms. The third-order valence-corrected chi connectivity index (χ3v) is 0.724. The Hall–Kier alpha value is -0.550. The molecule has 0 spiro atoms. The molecule has 0 saturated heterocycles. The van der Waals surface area contributed by atoms with Crippen LogP contribution in [0.15, 0.2) is 4.99 Å². The lowest BCUT2D eigenvalue weighted by atomic mass is 11.2. The van der Waals surface area contributed by atoms with Crippen molar-refractivity contribution in [3.8, 4) is 0 Å². The number of rotatable bonds is 2. The number of hydrogen-bond donors (Lipinski definition) is 1. The lowest BCUT2D eigenvalue weighted by Gasteiger charge is -1.91. The molecule has 0 aromatic rings. The molecule has 0 fully saturated rings. The van der Waals surface area contributed by atoms with E-state index in [4.69, 9.17) is 5.73 Å². The van der Waals surface area contributed by atoms with Gasteiger partial charge in [0, 0.05) is 0 Å². The number of hydrogen-bond acceptors (Lipinski definition) is 4. The number of aliphatic imine (C=N–C) groups is 1. The SMILES string of the molecule is C=NC(=O)OSCN. The minimum Gasteiger partial charge on any atom is -0.372 e. The molecular weight excluding hydrogens is 128 g/mol. The van der Waals surface area contributed by atoms with Crippen LogP contribution in [0.3, 0.4) is 0 Å². The van der Waals surface area contributed by atoms with Gasteiger partial charge < -0.3 is 9.92 Å². The predicted octanol–water partition coefficient (Wildman–Crippen LogP) is 0.388. The van der Waals surface area contributed by atoms with Gasteiger partial charge in [-0.1, -0.05) is 0 Å². The van der Waals surface area contributed by atoms with Gasteiger partial charge in [0.15, 0.2) is 0 Å². The van der Waals surface area contributed by atoms with Crippen molar-refractivity contribution in [2.24, 2.45) is 10.7 Å². The Kier molecular flexibility index (Phi) is 4.29. The van der Waals surface area contributed by atoms with Crippen molar-refractivity contribution in [1.29, 1.82) is 0 Å². The monoisotopic (exact) mass is 134 g/mol. The van der Waals surface area contributed by atoms with Crippen molar-refractivity contribution in [2.45, 2.75) is 0 Å². The van der Waals surface area contributed by atoms with E-state index in [1.165, 1.54) is 0 Å². The van der Waals surface area contributed by atoms with E-state index in [9.17, 15) is 4.79 Å². The van der Waals surface area contributed by atoms with E-state index in [2.05, 4.69) is 15.9 Å². The van der Waals surface area contributed by atoms with E-state index in [1.54, 1.807) is 0 Å². The minimum atomic E-state index is -0.708. The van der Waals surface area contributed by atoms with Crippen LogP contribution in [0.25, 0.3) is 0 Å². The number of carbonyl (C=O) groups is 1. The second kappa shape index (κ2) is 4.61. The van der Waals surface area contributed by atoms with E-state index in [0.29, 0.717) is 0 Å². The van der Waals surface area contributed by atoms with Crippen LogP contribution in [-0.2, 0) is 4.18 Å². The van der Waals surface area contributed by atoms with Crippen molar-refractivity contribution in [3.63, 3.8) is 0 Å². The van der Waals surface area contributed by atoms with Gasteiger partial charge in [-0.25, -0.2) is 4.79 Å². The van der Waals surface area contributed by atoms with Crippen LogP contribution < -0.4 is 5.73 Å². The van der Waals surface area contributed by atoms with Gasteiger partial charge in [0.2, 0.25) is 0 Å². The molecule has 0 bridgehead atoms. The summed E-state index contributed by atoms with van der Waals surface area (Å²) in [7, 11) is 0. The second-order valence-corrected chi connectivity index (χ2v) is 1.53. The predicted molar refractivity (Wildman–Crippen MR) is 32.7 cm³/mol. The van der Waals surface area contributed by atoms with E-state index in [-0.39, 0.29) is 5.88 Å². The van der Waals surface area contributed by atoms with Crippen LogP contribution in [0.5, 0.6) is 0 Å². The van der Waals surface area contributed by atoms with Crippen LogP contribution >= 0.6 is 12.0 Å². The summed E-state index contributed by atoms with van der Waals surface area (Å²) in [6, 6.07) is 0. The summed E-state index contributed by atoms with van der Waals surface area (Å²) in [5, 5.41) is 0. The van der Waals surface area contributed by atoms with Crippen LogP contribution in [-0.4, -0.2) is 18.7 Å². The van der Waals surface area contributed by atoms with Crippen molar-refractivity contribution in [3.05, 3.63) is 0 Å². The number of nitrogens with zero attached hydrogens (tertiary/aromatic N) is 1. The zero-order valence-corrected chi connectivity index (χ0v) is 4.98. The third-order valence-electron chi connectivity index (χ3n) is 0.327. The highest BCUT2D eigenvalue weighted by atomic mass is 32.2. The van der Waals surface area contributed by atoms with Gasteiger partial charge in [-0.3, -0.25) is 0 Å². The normalized spacial score (nSPS) is 8.12. The van der Waals surface area contributed by atoms with Crippen molar-refractivity contribution < 1.29 is 8.98 Å². The number of carbonyl (C=O) groups excluding carboxylic acids is 1. The summed E-state index contributed by atoms with van der Waals surface area (Å²) in [4.78, 5) is 13.0. The first kappa shape index (κ1) is 7.45. The zero-order valence-electron chi connectivity index (χ0n) is 4.16. The fourth-order valence-corrected chi connectivity index (χ4v) is 0.332. The summed E-state index contributed by atoms with van der Waals surface area (Å²) < 4.78 is 4.26. The quantitative estimate of drug-likeness (QED) is 0.337. The average molecular weight is 134 g/mol. The molecule has 0 rings (SSSR count). The summed E-state index contributed by atoms with van der Waals surface area (Å²) in [6.07, 6.45) is -0.708. The first-order chi connectivity index (χ1) is 3.81. The van der Waals surface area contributed by atoms with Gasteiger partial charge in [0.05, 0.1) is 17.9 Å². The van der Waals surface area contributed by atoms with Gasteiger partial charge in [-0.2, -0.15) is 4.99 Å². The van der Waals surface area contributed by atoms with Gasteiger partial charge >= 0.3 is 6.09 Å². The summed E-state index contributed by atoms with van der Waals surface area (Å²) in [6.45, 7) is 2.93. The molecule has 1 amide bonds. The molecule has 46 valence electrons. The molecule has 0 saturated carbocycles. The maximum absolute atomic E-state index is 10.0. The van der Waals surface area contributed by atoms with Crippen molar-refractivity contribution >= 4 is 24.9 Å². The lowest BCUT2D eigenvalue weighted by Crippen LogP contribution is -1.96. The lowest BCUT2D eigenvalue weighted by molar-refractivity contribution is 0.219. The molecular formula is C3H6N2O2S. The molecule has 0 aliphatic carbocycles. The molecule has 0 aromatic heterocycles. The Balaban J connectivity index is 3.11. The maximum Gasteiger partial charge on any atom is 0.445 e. The molecule has 0 unspecified atom stereocenters. The fraction of sp³-hybridized carbons (Fsp3) is 0.333. The number of amides is 1. The van der Waals surface area contributed by atoms with Gasteiger partial charge in [0.25, 0.3) is 0 Å². The van der Waals surface area contributed by atoms with Gasteiger partial charge in [0.1, 0.15) is 0 Å². The molecule has 0 aliphatic heterocycles. The maximum atomic E-state index is 10.0. The summed E-state index contributed by atoms with van der Waals surface area (Å²) in [5.41, 5.74) is 4.96. The Morgan fingerprint density at radius 3 is 3.00 bits per heavy atom. The molecule has 5 heteroatoms. The first-order valence-electron chi connectivity index (χ1n) is 1.81. The molecule has 0 atom stereocenters. The highest BCUT2D eigenvalue weighted by Crippen LogP contribution is 1.98. The Morgan fingerprint density at radius 2 is 2.62 bits per heavy atom. The number of nitrogens with two attached hydrogens (primary N) is 1. The molecule has 0 aromatic carbocycles.